The van der Waals surface area contributed by atoms with E-state index in [9.17, 15) is 4.39 Å². The van der Waals surface area contributed by atoms with E-state index in [4.69, 9.17) is 5.73 Å². The van der Waals surface area contributed by atoms with Gasteiger partial charge in [-0.2, -0.15) is 11.8 Å². The Bertz CT molecular complexity index is 365. The van der Waals surface area contributed by atoms with Gasteiger partial charge < -0.3 is 10.6 Å². The molecule has 0 aromatic heterocycles. The molecule has 0 bridgehead atoms. The molecule has 0 spiro atoms. The molecule has 0 radical (unpaired) electrons. The first-order valence-corrected chi connectivity index (χ1v) is 8.52. The van der Waals surface area contributed by atoms with E-state index in [1.807, 2.05) is 23.9 Å². The van der Waals surface area contributed by atoms with Crippen LogP contribution in [0, 0.1) is 5.82 Å². The predicted molar refractivity (Wildman–Crippen MR) is 87.7 cm³/mol. The van der Waals surface area contributed by atoms with Crippen LogP contribution in [0.5, 0.6) is 0 Å². The van der Waals surface area contributed by atoms with Gasteiger partial charge >= 0.3 is 0 Å². The van der Waals surface area contributed by atoms with Crippen molar-refractivity contribution < 1.29 is 4.39 Å². The van der Waals surface area contributed by atoms with Gasteiger partial charge in [0, 0.05) is 23.6 Å². The molecule has 2 unspecified atom stereocenters. The standard InChI is InChI=1S/C16H27FN2S/c1-4-15(18)16(13-7-9-14(17)10-8-13)20-12-11-19(5-2)6-3/h7-10,15-16H,4-6,11-12,18H2,1-3H3. The van der Waals surface area contributed by atoms with Gasteiger partial charge in [0.25, 0.3) is 0 Å². The normalized spacial score (nSPS) is 14.5. The quantitative estimate of drug-likeness (QED) is 0.754. The lowest BCUT2D eigenvalue weighted by Gasteiger charge is -2.25. The number of nitrogens with zero attached hydrogens (tertiary/aromatic N) is 1. The lowest BCUT2D eigenvalue weighted by Crippen LogP contribution is -2.29. The Kier molecular flexibility index (Phi) is 8.19. The first-order chi connectivity index (χ1) is 9.62. The van der Waals surface area contributed by atoms with E-state index in [1.165, 1.54) is 12.1 Å². The summed E-state index contributed by atoms with van der Waals surface area (Å²) in [7, 11) is 0. The number of benzene rings is 1. The largest absolute Gasteiger partial charge is 0.326 e. The lowest BCUT2D eigenvalue weighted by atomic mass is 10.0. The van der Waals surface area contributed by atoms with E-state index in [2.05, 4.69) is 25.7 Å². The maximum absolute atomic E-state index is 13.0. The lowest BCUT2D eigenvalue weighted by molar-refractivity contribution is 0.323. The summed E-state index contributed by atoms with van der Waals surface area (Å²) in [6.45, 7) is 9.71. The maximum Gasteiger partial charge on any atom is 0.123 e. The molecule has 2 atom stereocenters. The summed E-state index contributed by atoms with van der Waals surface area (Å²) in [6, 6.07) is 6.88. The minimum Gasteiger partial charge on any atom is -0.326 e. The van der Waals surface area contributed by atoms with E-state index in [1.54, 1.807) is 0 Å². The molecule has 1 aromatic rings. The summed E-state index contributed by atoms with van der Waals surface area (Å²) in [5.41, 5.74) is 7.37. The first-order valence-electron chi connectivity index (χ1n) is 7.47. The summed E-state index contributed by atoms with van der Waals surface area (Å²) in [5, 5.41) is 0.246. The smallest absolute Gasteiger partial charge is 0.123 e. The third kappa shape index (κ3) is 5.43. The number of nitrogens with two attached hydrogens (primary N) is 1. The van der Waals surface area contributed by atoms with Crippen LogP contribution >= 0.6 is 11.8 Å². The van der Waals surface area contributed by atoms with Crippen LogP contribution in [0.25, 0.3) is 0 Å². The highest BCUT2D eigenvalue weighted by Crippen LogP contribution is 2.32. The fourth-order valence-corrected chi connectivity index (χ4v) is 3.59. The Labute approximate surface area is 126 Å². The summed E-state index contributed by atoms with van der Waals surface area (Å²) in [5.74, 6) is 0.864. The molecule has 1 aromatic carbocycles. The Morgan fingerprint density at radius 1 is 1.15 bits per heavy atom. The van der Waals surface area contributed by atoms with Gasteiger partial charge in [-0.3, -0.25) is 0 Å². The van der Waals surface area contributed by atoms with Crippen LogP contribution < -0.4 is 5.73 Å². The van der Waals surface area contributed by atoms with Crippen LogP contribution in [0.3, 0.4) is 0 Å². The zero-order chi connectivity index (χ0) is 15.0. The van der Waals surface area contributed by atoms with Crippen molar-refractivity contribution >= 4 is 11.8 Å². The minimum absolute atomic E-state index is 0.113. The molecule has 20 heavy (non-hydrogen) atoms. The molecule has 0 aliphatic rings. The molecule has 0 fully saturated rings. The zero-order valence-electron chi connectivity index (χ0n) is 12.8. The number of rotatable bonds is 9. The van der Waals surface area contributed by atoms with Crippen molar-refractivity contribution in [3.63, 3.8) is 0 Å². The molecule has 1 rings (SSSR count). The number of hydrogen-bond donors (Lipinski definition) is 1. The molecule has 0 aliphatic carbocycles. The van der Waals surface area contributed by atoms with Crippen molar-refractivity contribution in [3.8, 4) is 0 Å². The monoisotopic (exact) mass is 298 g/mol. The molecule has 2 nitrogen and oxygen atoms in total. The van der Waals surface area contributed by atoms with Crippen LogP contribution in [-0.2, 0) is 0 Å². The van der Waals surface area contributed by atoms with Gasteiger partial charge in [0.1, 0.15) is 5.82 Å². The number of halogens is 1. The van der Waals surface area contributed by atoms with Crippen LogP contribution in [0.4, 0.5) is 4.39 Å². The highest BCUT2D eigenvalue weighted by Gasteiger charge is 2.19. The van der Waals surface area contributed by atoms with E-state index < -0.39 is 0 Å². The van der Waals surface area contributed by atoms with Crippen molar-refractivity contribution in [3.05, 3.63) is 35.6 Å². The fraction of sp³-hybridized carbons (Fsp3) is 0.625. The molecular formula is C16H27FN2S. The summed E-state index contributed by atoms with van der Waals surface area (Å²) < 4.78 is 13.0. The zero-order valence-corrected chi connectivity index (χ0v) is 13.6. The molecule has 0 saturated heterocycles. The van der Waals surface area contributed by atoms with Gasteiger partial charge in [-0.05, 0) is 37.2 Å². The average Bonchev–Trinajstić information content (AvgIpc) is 2.48. The second-order valence-electron chi connectivity index (χ2n) is 4.94. The van der Waals surface area contributed by atoms with Gasteiger partial charge in [-0.1, -0.05) is 32.9 Å². The van der Waals surface area contributed by atoms with E-state index in [-0.39, 0.29) is 17.1 Å². The second-order valence-corrected chi connectivity index (χ2v) is 6.19. The van der Waals surface area contributed by atoms with Crippen LogP contribution in [0.2, 0.25) is 0 Å². The Balaban J connectivity index is 2.63. The third-order valence-electron chi connectivity index (χ3n) is 3.66. The first kappa shape index (κ1) is 17.5. The maximum atomic E-state index is 13.0. The minimum atomic E-state index is -0.189. The Hall–Kier alpha value is -0.580. The van der Waals surface area contributed by atoms with Crippen LogP contribution in [-0.4, -0.2) is 36.3 Å². The Morgan fingerprint density at radius 2 is 1.75 bits per heavy atom. The Morgan fingerprint density at radius 3 is 2.25 bits per heavy atom. The van der Waals surface area contributed by atoms with Crippen molar-refractivity contribution in [2.24, 2.45) is 5.73 Å². The van der Waals surface area contributed by atoms with E-state index >= 15 is 0 Å². The average molecular weight is 298 g/mol. The van der Waals surface area contributed by atoms with Crippen molar-refractivity contribution in [1.82, 2.24) is 4.90 Å². The van der Waals surface area contributed by atoms with Gasteiger partial charge in [-0.25, -0.2) is 4.39 Å². The van der Waals surface area contributed by atoms with Gasteiger partial charge in [0.15, 0.2) is 0 Å². The van der Waals surface area contributed by atoms with Crippen LogP contribution in [0.15, 0.2) is 24.3 Å². The third-order valence-corrected chi connectivity index (χ3v) is 5.06. The molecule has 0 amide bonds. The van der Waals surface area contributed by atoms with Gasteiger partial charge in [0.2, 0.25) is 0 Å². The van der Waals surface area contributed by atoms with Gasteiger partial charge in [-0.15, -0.1) is 0 Å². The molecule has 0 saturated carbocycles. The number of hydrogen-bond acceptors (Lipinski definition) is 3. The summed E-state index contributed by atoms with van der Waals surface area (Å²) in [4.78, 5) is 2.41. The molecular weight excluding hydrogens is 271 g/mol. The second kappa shape index (κ2) is 9.37. The number of thioether (sulfide) groups is 1. The van der Waals surface area contributed by atoms with Crippen LogP contribution in [0.1, 0.15) is 38.0 Å². The fourth-order valence-electron chi connectivity index (χ4n) is 2.18. The predicted octanol–water partition coefficient (Wildman–Crippen LogP) is 3.68. The van der Waals surface area contributed by atoms with Crippen molar-refractivity contribution in [2.45, 2.75) is 38.5 Å². The highest BCUT2D eigenvalue weighted by molar-refractivity contribution is 7.99. The summed E-state index contributed by atoms with van der Waals surface area (Å²) in [6.07, 6.45) is 0.931. The molecule has 0 heterocycles. The highest BCUT2D eigenvalue weighted by atomic mass is 32.2. The topological polar surface area (TPSA) is 29.3 Å². The van der Waals surface area contributed by atoms with E-state index in [0.717, 1.165) is 37.4 Å². The summed E-state index contributed by atoms with van der Waals surface area (Å²) >= 11 is 1.88. The molecule has 114 valence electrons. The van der Waals surface area contributed by atoms with Crippen molar-refractivity contribution in [1.29, 1.82) is 0 Å². The molecule has 2 N–H and O–H groups in total. The molecule has 4 heteroatoms. The van der Waals surface area contributed by atoms with Gasteiger partial charge in [0.05, 0.1) is 0 Å². The van der Waals surface area contributed by atoms with Crippen molar-refractivity contribution in [2.75, 3.05) is 25.4 Å². The molecule has 0 aliphatic heterocycles. The van der Waals surface area contributed by atoms with E-state index in [0.29, 0.717) is 0 Å². The SMILES string of the molecule is CCC(N)C(SCCN(CC)CC)c1ccc(F)cc1.